The van der Waals surface area contributed by atoms with E-state index in [0.29, 0.717) is 25.1 Å². The average Bonchev–Trinajstić information content (AvgIpc) is 3.70. The summed E-state index contributed by atoms with van der Waals surface area (Å²) in [4.78, 5) is 103. The highest BCUT2D eigenvalue weighted by Gasteiger charge is 2.38. The summed E-state index contributed by atoms with van der Waals surface area (Å²) in [6.45, 7) is 0.866. The largest absolute Gasteiger partial charge is 0.490 e. The number of likely N-dealkylation sites (tertiary alicyclic amines) is 1. The minimum atomic E-state index is -5.08. The second-order valence-electron chi connectivity index (χ2n) is 10.1. The Bertz CT molecular complexity index is 1330. The molecule has 0 bridgehead atoms. The third-order valence-electron chi connectivity index (χ3n) is 6.51. The summed E-state index contributed by atoms with van der Waals surface area (Å²) >= 11 is 4.01. The van der Waals surface area contributed by atoms with E-state index < -0.39 is 90.8 Å². The Morgan fingerprint density at radius 3 is 2.00 bits per heavy atom. The first kappa shape index (κ1) is 41.1. The second-order valence-corrected chi connectivity index (χ2v) is 10.5. The maximum Gasteiger partial charge on any atom is 0.490 e. The maximum atomic E-state index is 13.2. The number of aliphatic hydroxyl groups excluding tert-OH is 1. The zero-order chi connectivity index (χ0) is 36.8. The van der Waals surface area contributed by atoms with Gasteiger partial charge in [-0.15, -0.1) is 0 Å². The molecule has 0 saturated carbocycles. The lowest BCUT2D eigenvalue weighted by Gasteiger charge is -2.27. The number of primary amides is 2. The normalized spacial score (nSPS) is 16.5. The average molecular weight is 712 g/mol. The number of aromatic nitrogens is 2. The van der Waals surface area contributed by atoms with Crippen molar-refractivity contribution >= 4 is 59.9 Å². The molecule has 0 unspecified atom stereocenters. The van der Waals surface area contributed by atoms with Gasteiger partial charge in [-0.2, -0.15) is 25.8 Å². The molecule has 2 rings (SSSR count). The lowest BCUT2D eigenvalue weighted by molar-refractivity contribution is -0.192. The van der Waals surface area contributed by atoms with Crippen molar-refractivity contribution in [2.45, 2.75) is 69.0 Å². The van der Waals surface area contributed by atoms with Crippen molar-refractivity contribution in [3.63, 3.8) is 0 Å². The molecule has 19 nitrogen and oxygen atoms in total. The van der Waals surface area contributed by atoms with Gasteiger partial charge in [0.15, 0.2) is 0 Å². The summed E-state index contributed by atoms with van der Waals surface area (Å²) < 4.78 is 31.7. The summed E-state index contributed by atoms with van der Waals surface area (Å²) in [5, 5.41) is 26.4. The molecule has 7 amide bonds. The minimum absolute atomic E-state index is 0.0554. The van der Waals surface area contributed by atoms with Gasteiger partial charge in [-0.1, -0.05) is 0 Å². The van der Waals surface area contributed by atoms with Crippen molar-refractivity contribution < 1.29 is 61.7 Å². The maximum absolute atomic E-state index is 13.2. The van der Waals surface area contributed by atoms with Crippen LogP contribution in [0.15, 0.2) is 12.5 Å². The molecule has 23 heteroatoms. The molecule has 48 heavy (non-hydrogen) atoms. The number of amides is 7. The molecule has 0 radical (unpaired) electrons. The highest BCUT2D eigenvalue weighted by atomic mass is 32.1. The van der Waals surface area contributed by atoms with Gasteiger partial charge in [0.1, 0.15) is 30.2 Å². The number of nitrogens with zero attached hydrogens (tertiary/aromatic N) is 2. The molecule has 2 heterocycles. The smallest absolute Gasteiger partial charge is 0.475 e. The Kier molecular flexibility index (Phi) is 16.3. The molecule has 0 aromatic carbocycles. The molecule has 268 valence electrons. The van der Waals surface area contributed by atoms with Crippen molar-refractivity contribution in [1.29, 1.82) is 0 Å². The fraction of sp³-hybridized carbons (Fsp3) is 0.560. The van der Waals surface area contributed by atoms with Gasteiger partial charge in [0.2, 0.25) is 41.4 Å². The van der Waals surface area contributed by atoms with Crippen LogP contribution >= 0.6 is 12.6 Å². The zero-order valence-electron chi connectivity index (χ0n) is 25.3. The van der Waals surface area contributed by atoms with Crippen LogP contribution in [0, 0.1) is 0 Å². The number of nitrogens with two attached hydrogens (primary N) is 2. The number of imidazole rings is 1. The quantitative estimate of drug-likeness (QED) is 0.0778. The van der Waals surface area contributed by atoms with Crippen molar-refractivity contribution in [2.75, 3.05) is 18.9 Å². The van der Waals surface area contributed by atoms with Crippen molar-refractivity contribution in [1.82, 2.24) is 36.1 Å². The highest BCUT2D eigenvalue weighted by molar-refractivity contribution is 7.80. The number of carbonyl (C=O) groups is 8. The van der Waals surface area contributed by atoms with E-state index in [1.54, 1.807) is 0 Å². The van der Waals surface area contributed by atoms with Crippen LogP contribution in [-0.4, -0.2) is 128 Å². The van der Waals surface area contributed by atoms with Crippen LogP contribution in [0.1, 0.15) is 31.9 Å². The number of halogens is 3. The number of aliphatic hydroxyl groups is 1. The summed E-state index contributed by atoms with van der Waals surface area (Å²) in [5.41, 5.74) is 10.7. The predicted molar refractivity (Wildman–Crippen MR) is 158 cm³/mol. The number of H-pyrrole nitrogens is 1. The molecule has 1 aliphatic rings. The van der Waals surface area contributed by atoms with E-state index in [0.717, 1.165) is 0 Å². The number of alkyl halides is 3. The Balaban J connectivity index is 0.00000148. The number of rotatable bonds is 15. The zero-order valence-corrected chi connectivity index (χ0v) is 26.2. The Morgan fingerprint density at radius 1 is 1.00 bits per heavy atom. The van der Waals surface area contributed by atoms with E-state index in [9.17, 15) is 51.8 Å². The van der Waals surface area contributed by atoms with Crippen LogP contribution in [0.4, 0.5) is 13.2 Å². The molecule has 5 atom stereocenters. The molecule has 0 spiro atoms. The number of nitrogens with one attached hydrogen (secondary N) is 5. The van der Waals surface area contributed by atoms with Crippen LogP contribution in [0.3, 0.4) is 0 Å². The van der Waals surface area contributed by atoms with Gasteiger partial charge in [0, 0.05) is 37.5 Å². The number of carboxylic acid groups (broad SMARTS) is 1. The van der Waals surface area contributed by atoms with Crippen LogP contribution in [0.2, 0.25) is 0 Å². The van der Waals surface area contributed by atoms with Crippen LogP contribution in [0.5, 0.6) is 0 Å². The van der Waals surface area contributed by atoms with Gasteiger partial charge in [-0.05, 0) is 12.8 Å². The summed E-state index contributed by atoms with van der Waals surface area (Å²) in [5.74, 6) is -8.54. The van der Waals surface area contributed by atoms with Crippen LogP contribution in [0.25, 0.3) is 0 Å². The van der Waals surface area contributed by atoms with E-state index in [2.05, 4.69) is 43.9 Å². The first-order valence-corrected chi connectivity index (χ1v) is 14.5. The Hall–Kier alpha value is -4.93. The van der Waals surface area contributed by atoms with E-state index in [-0.39, 0.29) is 18.1 Å². The molecule has 11 N–H and O–H groups in total. The highest BCUT2D eigenvalue weighted by Crippen LogP contribution is 2.18. The fourth-order valence-electron chi connectivity index (χ4n) is 4.14. The second kappa shape index (κ2) is 19.0. The van der Waals surface area contributed by atoms with E-state index in [4.69, 9.17) is 21.4 Å². The number of aliphatic carboxylic acids is 1. The summed E-state index contributed by atoms with van der Waals surface area (Å²) in [6.07, 6.45) is -1.87. The van der Waals surface area contributed by atoms with Crippen LogP contribution in [-0.2, 0) is 44.8 Å². The lowest BCUT2D eigenvalue weighted by Crippen LogP contribution is -2.60. The van der Waals surface area contributed by atoms with Gasteiger partial charge in [0.25, 0.3) is 0 Å². The molecule has 1 saturated heterocycles. The number of aromatic amines is 1. The van der Waals surface area contributed by atoms with Crippen LogP contribution < -0.4 is 32.7 Å². The third-order valence-corrected chi connectivity index (χ3v) is 6.88. The van der Waals surface area contributed by atoms with Crippen molar-refractivity contribution in [2.24, 2.45) is 11.5 Å². The predicted octanol–water partition coefficient (Wildman–Crippen LogP) is -4.18. The standard InChI is InChI=1S/C23H35N9O8S.C2HF3O2/c1-11(34)32-4-2-3-17(32)23(40)29-14(5-12-7-26-10-27-12)20(37)30-15(8-33)21(38)31-16(9-41)22(39)28-13(19(25)36)6-18(24)35;3-2(4,5)1(6)7/h7,10,13-17,33,41H,2-6,8-9H2,1H3,(H2,24,35)(H2,25,36)(H,26,27)(H,28,39)(H,29,40)(H,30,37)(H,31,38);(H,6,7)/t13-,14-,15-,16-,17-;/m0./s1. The Morgan fingerprint density at radius 2 is 1.54 bits per heavy atom. The minimum Gasteiger partial charge on any atom is -0.475 e. The first-order chi connectivity index (χ1) is 22.3. The number of hydrogen-bond donors (Lipinski definition) is 10. The van der Waals surface area contributed by atoms with Gasteiger partial charge in [-0.3, -0.25) is 33.6 Å². The van der Waals surface area contributed by atoms with Gasteiger partial charge in [-0.25, -0.2) is 9.78 Å². The molecular weight excluding hydrogens is 675 g/mol. The van der Waals surface area contributed by atoms with E-state index >= 15 is 0 Å². The third kappa shape index (κ3) is 13.4. The molecule has 1 fully saturated rings. The van der Waals surface area contributed by atoms with Crippen molar-refractivity contribution in [3.05, 3.63) is 18.2 Å². The fourth-order valence-corrected chi connectivity index (χ4v) is 4.40. The van der Waals surface area contributed by atoms with Crippen molar-refractivity contribution in [3.8, 4) is 0 Å². The SMILES string of the molecule is CC(=O)N1CCC[C@H]1C(=O)N[C@@H](Cc1cnc[nH]1)C(=O)N[C@@H](CO)C(=O)N[C@@H](CS)C(=O)N[C@@H](CC(N)=O)C(N)=O.O=C(O)C(F)(F)F. The van der Waals surface area contributed by atoms with Gasteiger partial charge < -0.3 is 52.8 Å². The monoisotopic (exact) mass is 711 g/mol. The van der Waals surface area contributed by atoms with E-state index in [1.807, 2.05) is 0 Å². The number of thiol groups is 1. The topological polar surface area (TPSA) is 309 Å². The summed E-state index contributed by atoms with van der Waals surface area (Å²) in [6, 6.07) is -6.34. The molecular formula is C25H36F3N9O10S. The molecule has 1 aliphatic heterocycles. The number of hydrogen-bond acceptors (Lipinski definition) is 11. The lowest BCUT2D eigenvalue weighted by atomic mass is 10.1. The summed E-state index contributed by atoms with van der Waals surface area (Å²) in [7, 11) is 0. The molecule has 1 aromatic rings. The van der Waals surface area contributed by atoms with E-state index in [1.165, 1.54) is 24.3 Å². The number of carboxylic acids is 1. The first-order valence-electron chi connectivity index (χ1n) is 13.9. The number of carbonyl (C=O) groups excluding carboxylic acids is 7. The van der Waals surface area contributed by atoms with Gasteiger partial charge >= 0.3 is 12.1 Å². The molecule has 0 aliphatic carbocycles. The van der Waals surface area contributed by atoms with Gasteiger partial charge in [0.05, 0.1) is 19.4 Å². The molecule has 1 aromatic heterocycles. The Labute approximate surface area is 275 Å².